The number of halogens is 3. The zero-order chi connectivity index (χ0) is 12.4. The summed E-state index contributed by atoms with van der Waals surface area (Å²) in [7, 11) is 0. The third-order valence-corrected chi connectivity index (χ3v) is 2.35. The fourth-order valence-corrected chi connectivity index (χ4v) is 1.46. The number of rotatable bonds is 3. The van der Waals surface area contributed by atoms with Crippen LogP contribution in [0.3, 0.4) is 0 Å². The molecule has 0 fully saturated rings. The average Bonchev–Trinajstić information content (AvgIpc) is 2.59. The number of nitrogen functional groups attached to an aromatic ring is 1. The molecule has 7 heteroatoms. The second-order valence-corrected chi connectivity index (χ2v) is 3.50. The predicted octanol–water partition coefficient (Wildman–Crippen LogP) is 3.18. The van der Waals surface area contributed by atoms with E-state index in [1.807, 2.05) is 0 Å². The van der Waals surface area contributed by atoms with E-state index in [0.717, 1.165) is 0 Å². The largest absolute Gasteiger partial charge is 0.435 e. The lowest BCUT2D eigenvalue weighted by atomic mass is 10.1. The minimum Gasteiger partial charge on any atom is -0.435 e. The molecule has 17 heavy (non-hydrogen) atoms. The summed E-state index contributed by atoms with van der Waals surface area (Å²) in [4.78, 5) is 0. The average molecular weight is 261 g/mol. The molecule has 2 rings (SSSR count). The molecule has 1 aromatic carbocycles. The Kier molecular flexibility index (Phi) is 3.14. The van der Waals surface area contributed by atoms with E-state index in [1.54, 1.807) is 6.07 Å². The third-order valence-electron chi connectivity index (χ3n) is 1.98. The first-order chi connectivity index (χ1) is 8.08. The molecule has 0 spiro atoms. The maximum Gasteiger partial charge on any atom is 0.387 e. The molecule has 90 valence electrons. The van der Waals surface area contributed by atoms with Crippen molar-refractivity contribution in [3.05, 3.63) is 29.3 Å². The quantitative estimate of drug-likeness (QED) is 0.921. The number of nitrogens with two attached hydrogens (primary N) is 1. The molecule has 0 amide bonds. The van der Waals surface area contributed by atoms with Crippen LogP contribution in [0.4, 0.5) is 14.6 Å². The van der Waals surface area contributed by atoms with Crippen LogP contribution in [-0.4, -0.2) is 11.8 Å². The molecule has 0 saturated carbocycles. The zero-order valence-corrected chi connectivity index (χ0v) is 9.12. The molecule has 0 aliphatic carbocycles. The molecule has 4 nitrogen and oxygen atoms in total. The first kappa shape index (κ1) is 11.7. The summed E-state index contributed by atoms with van der Waals surface area (Å²) in [6.07, 6.45) is 0. The van der Waals surface area contributed by atoms with Crippen molar-refractivity contribution in [2.75, 3.05) is 5.73 Å². The van der Waals surface area contributed by atoms with E-state index >= 15 is 0 Å². The van der Waals surface area contributed by atoms with Gasteiger partial charge in [0.2, 0.25) is 0 Å². The van der Waals surface area contributed by atoms with Crippen molar-refractivity contribution >= 4 is 17.4 Å². The Balaban J connectivity index is 2.36. The van der Waals surface area contributed by atoms with E-state index in [0.29, 0.717) is 5.56 Å². The molecule has 0 radical (unpaired) electrons. The maximum atomic E-state index is 12.0. The van der Waals surface area contributed by atoms with E-state index in [1.165, 1.54) is 18.2 Å². The number of hydrogen-bond acceptors (Lipinski definition) is 4. The second kappa shape index (κ2) is 4.58. The molecule has 2 aromatic rings. The lowest BCUT2D eigenvalue weighted by molar-refractivity contribution is -0.0498. The van der Waals surface area contributed by atoms with Gasteiger partial charge in [-0.25, -0.2) is 0 Å². The van der Waals surface area contributed by atoms with Crippen LogP contribution in [0.15, 0.2) is 28.8 Å². The fourth-order valence-electron chi connectivity index (χ4n) is 1.28. The summed E-state index contributed by atoms with van der Waals surface area (Å²) in [5, 5.41) is 3.60. The van der Waals surface area contributed by atoms with Gasteiger partial charge in [0.15, 0.2) is 11.6 Å². The van der Waals surface area contributed by atoms with Crippen molar-refractivity contribution < 1.29 is 18.0 Å². The van der Waals surface area contributed by atoms with Gasteiger partial charge in [0.25, 0.3) is 0 Å². The van der Waals surface area contributed by atoms with E-state index in [2.05, 4.69) is 9.89 Å². The molecule has 0 unspecified atom stereocenters. The highest BCUT2D eigenvalue weighted by Crippen LogP contribution is 2.33. The molecule has 0 bridgehead atoms. The molecule has 2 N–H and O–H groups in total. The van der Waals surface area contributed by atoms with Gasteiger partial charge in [0.1, 0.15) is 10.8 Å². The third kappa shape index (κ3) is 2.47. The lowest BCUT2D eigenvalue weighted by Gasteiger charge is -2.05. The van der Waals surface area contributed by atoms with Crippen LogP contribution in [0.1, 0.15) is 0 Å². The smallest absolute Gasteiger partial charge is 0.387 e. The summed E-state index contributed by atoms with van der Waals surface area (Å²) in [5.74, 6) is 0.259. The predicted molar refractivity (Wildman–Crippen MR) is 58.0 cm³/mol. The number of ether oxygens (including phenoxy) is 1. The highest BCUT2D eigenvalue weighted by atomic mass is 35.5. The fraction of sp³-hybridized carbons (Fsp3) is 0.100. The van der Waals surface area contributed by atoms with E-state index in [-0.39, 0.29) is 22.4 Å². The van der Waals surface area contributed by atoms with Crippen molar-refractivity contribution in [2.45, 2.75) is 6.61 Å². The van der Waals surface area contributed by atoms with Gasteiger partial charge >= 0.3 is 6.61 Å². The van der Waals surface area contributed by atoms with Crippen molar-refractivity contribution in [3.8, 4) is 17.1 Å². The number of hydrogen-bond donors (Lipinski definition) is 1. The zero-order valence-electron chi connectivity index (χ0n) is 8.36. The van der Waals surface area contributed by atoms with Crippen LogP contribution >= 0.6 is 11.6 Å². The van der Waals surface area contributed by atoms with Crippen molar-refractivity contribution in [1.82, 2.24) is 5.16 Å². The topological polar surface area (TPSA) is 61.3 Å². The van der Waals surface area contributed by atoms with Gasteiger partial charge in [-0.15, -0.1) is 0 Å². The monoisotopic (exact) mass is 260 g/mol. The van der Waals surface area contributed by atoms with Crippen LogP contribution in [0.2, 0.25) is 5.02 Å². The minimum absolute atomic E-state index is 0.00328. The lowest BCUT2D eigenvalue weighted by Crippen LogP contribution is -2.01. The summed E-state index contributed by atoms with van der Waals surface area (Å²) in [5.41, 5.74) is 5.86. The molecule has 0 aliphatic heterocycles. The van der Waals surface area contributed by atoms with Gasteiger partial charge in [0, 0.05) is 5.56 Å². The summed E-state index contributed by atoms with van der Waals surface area (Å²) < 4.78 is 33.2. The molecule has 0 aliphatic rings. The standard InChI is InChI=1S/C10H7ClF2N2O2/c11-7-8(17-15-9(7)14)5-2-1-3-6(4-5)16-10(12)13/h1-4,10H,(H2,14,15). The van der Waals surface area contributed by atoms with Gasteiger partial charge in [-0.1, -0.05) is 28.9 Å². The van der Waals surface area contributed by atoms with E-state index in [9.17, 15) is 8.78 Å². The van der Waals surface area contributed by atoms with Crippen molar-refractivity contribution in [3.63, 3.8) is 0 Å². The molecule has 0 saturated heterocycles. The second-order valence-electron chi connectivity index (χ2n) is 3.12. The number of alkyl halides is 2. The number of nitrogens with zero attached hydrogens (tertiary/aromatic N) is 1. The Bertz CT molecular complexity index is 531. The number of benzene rings is 1. The molecular formula is C10H7ClF2N2O2. The Hall–Kier alpha value is -1.82. The van der Waals surface area contributed by atoms with Crippen LogP contribution < -0.4 is 10.5 Å². The Morgan fingerprint density at radius 1 is 1.41 bits per heavy atom. The van der Waals surface area contributed by atoms with Crippen LogP contribution in [0, 0.1) is 0 Å². The molecule has 1 heterocycles. The summed E-state index contributed by atoms with van der Waals surface area (Å²) in [6, 6.07) is 5.90. The first-order valence-corrected chi connectivity index (χ1v) is 4.91. The Labute approximate surface area is 99.9 Å². The first-order valence-electron chi connectivity index (χ1n) is 4.54. The highest BCUT2D eigenvalue weighted by Gasteiger charge is 2.14. The van der Waals surface area contributed by atoms with Crippen molar-refractivity contribution in [2.24, 2.45) is 0 Å². The maximum absolute atomic E-state index is 12.0. The van der Waals surface area contributed by atoms with E-state index < -0.39 is 6.61 Å². The number of aromatic nitrogens is 1. The van der Waals surface area contributed by atoms with Crippen molar-refractivity contribution in [1.29, 1.82) is 0 Å². The van der Waals surface area contributed by atoms with Crippen LogP contribution in [-0.2, 0) is 0 Å². The minimum atomic E-state index is -2.89. The van der Waals surface area contributed by atoms with Crippen LogP contribution in [0.25, 0.3) is 11.3 Å². The van der Waals surface area contributed by atoms with Gasteiger partial charge in [-0.2, -0.15) is 8.78 Å². The van der Waals surface area contributed by atoms with E-state index in [4.69, 9.17) is 21.9 Å². The highest BCUT2D eigenvalue weighted by molar-refractivity contribution is 6.35. The van der Waals surface area contributed by atoms with Gasteiger partial charge in [-0.3, -0.25) is 0 Å². The SMILES string of the molecule is Nc1noc(-c2cccc(OC(F)F)c2)c1Cl. The Morgan fingerprint density at radius 2 is 2.18 bits per heavy atom. The normalized spacial score (nSPS) is 10.8. The van der Waals surface area contributed by atoms with Gasteiger partial charge in [0.05, 0.1) is 0 Å². The van der Waals surface area contributed by atoms with Gasteiger partial charge in [-0.05, 0) is 12.1 Å². The summed E-state index contributed by atoms with van der Waals surface area (Å²) in [6.45, 7) is -2.89. The van der Waals surface area contributed by atoms with Gasteiger partial charge < -0.3 is 15.0 Å². The summed E-state index contributed by atoms with van der Waals surface area (Å²) >= 11 is 5.83. The Morgan fingerprint density at radius 3 is 2.76 bits per heavy atom. The molecule has 1 aromatic heterocycles. The number of anilines is 1. The molecule has 0 atom stereocenters. The van der Waals surface area contributed by atoms with Crippen LogP contribution in [0.5, 0.6) is 5.75 Å². The molecular weight excluding hydrogens is 254 g/mol.